The van der Waals surface area contributed by atoms with Gasteiger partial charge in [-0.1, -0.05) is 24.3 Å². The third-order valence-electron chi connectivity index (χ3n) is 6.07. The molecule has 1 saturated carbocycles. The molecule has 4 nitrogen and oxygen atoms in total. The van der Waals surface area contributed by atoms with Gasteiger partial charge in [0.25, 0.3) is 5.91 Å². The largest absolute Gasteiger partial charge is 0.416 e. The van der Waals surface area contributed by atoms with Gasteiger partial charge in [0.05, 0.1) is 11.1 Å². The summed E-state index contributed by atoms with van der Waals surface area (Å²) in [6.45, 7) is 3.51. The highest BCUT2D eigenvalue weighted by Crippen LogP contribution is 2.45. The molecule has 2 fully saturated rings. The first-order valence-electron chi connectivity index (χ1n) is 9.93. The molecule has 2 unspecified atom stereocenters. The summed E-state index contributed by atoms with van der Waals surface area (Å²) in [5.74, 6) is 1.67. The van der Waals surface area contributed by atoms with Crippen molar-refractivity contribution < 1.29 is 18.0 Å². The molecule has 2 atom stereocenters. The first-order valence-corrected chi connectivity index (χ1v) is 9.93. The molecule has 0 bridgehead atoms. The SMILES string of the molecule is Cc1cccc2c(Nc3cccc(C(F)(F)F)c3)ncc(C(=O)N3CC4CC4C3)c12. The van der Waals surface area contributed by atoms with E-state index >= 15 is 0 Å². The van der Waals surface area contributed by atoms with Crippen LogP contribution in [0.2, 0.25) is 0 Å². The van der Waals surface area contributed by atoms with Gasteiger partial charge in [0.1, 0.15) is 5.82 Å². The number of likely N-dealkylation sites (tertiary alicyclic amines) is 1. The molecule has 1 N–H and O–H groups in total. The third-order valence-corrected chi connectivity index (χ3v) is 6.07. The average Bonchev–Trinajstić information content (AvgIpc) is 3.33. The number of fused-ring (bicyclic) bond motifs is 2. The van der Waals surface area contributed by atoms with Crippen molar-refractivity contribution >= 4 is 28.2 Å². The molecule has 0 spiro atoms. The fourth-order valence-corrected chi connectivity index (χ4v) is 4.39. The summed E-state index contributed by atoms with van der Waals surface area (Å²) in [4.78, 5) is 19.5. The van der Waals surface area contributed by atoms with Crippen LogP contribution in [-0.2, 0) is 6.18 Å². The van der Waals surface area contributed by atoms with E-state index in [1.54, 1.807) is 6.07 Å². The zero-order chi connectivity index (χ0) is 21.0. The molecule has 30 heavy (non-hydrogen) atoms. The highest BCUT2D eigenvalue weighted by molar-refractivity contribution is 6.10. The summed E-state index contributed by atoms with van der Waals surface area (Å²) in [6.07, 6.45) is -1.67. The molecule has 154 valence electrons. The van der Waals surface area contributed by atoms with Crippen molar-refractivity contribution in [3.8, 4) is 0 Å². The number of pyridine rings is 1. The second-order valence-electron chi connectivity index (χ2n) is 8.19. The van der Waals surface area contributed by atoms with Crippen molar-refractivity contribution in [1.82, 2.24) is 9.88 Å². The predicted molar refractivity (Wildman–Crippen MR) is 109 cm³/mol. The predicted octanol–water partition coefficient (Wildman–Crippen LogP) is 5.40. The number of amides is 1. The number of nitrogens with zero attached hydrogens (tertiary/aromatic N) is 2. The Balaban J connectivity index is 1.53. The van der Waals surface area contributed by atoms with Crippen LogP contribution in [0, 0.1) is 18.8 Å². The molecule has 1 aliphatic carbocycles. The number of hydrogen-bond acceptors (Lipinski definition) is 3. The maximum absolute atomic E-state index is 13.1. The number of benzene rings is 2. The van der Waals surface area contributed by atoms with E-state index in [-0.39, 0.29) is 5.91 Å². The Bertz CT molecular complexity index is 1150. The van der Waals surface area contributed by atoms with Gasteiger partial charge in [-0.3, -0.25) is 4.79 Å². The maximum atomic E-state index is 13.1. The maximum Gasteiger partial charge on any atom is 0.416 e. The highest BCUT2D eigenvalue weighted by Gasteiger charge is 2.46. The van der Waals surface area contributed by atoms with Crippen LogP contribution < -0.4 is 5.32 Å². The normalized spacial score (nSPS) is 20.3. The van der Waals surface area contributed by atoms with E-state index in [0.717, 1.165) is 36.2 Å². The lowest BCUT2D eigenvalue weighted by molar-refractivity contribution is -0.137. The second kappa shape index (κ2) is 6.72. The van der Waals surface area contributed by atoms with Crippen molar-refractivity contribution in [2.45, 2.75) is 19.5 Å². The van der Waals surface area contributed by atoms with E-state index in [2.05, 4.69) is 10.3 Å². The summed E-state index contributed by atoms with van der Waals surface area (Å²) in [5.41, 5.74) is 1.03. The smallest absolute Gasteiger partial charge is 0.340 e. The fourth-order valence-electron chi connectivity index (χ4n) is 4.39. The van der Waals surface area contributed by atoms with Crippen LogP contribution in [-0.4, -0.2) is 28.9 Å². The average molecular weight is 411 g/mol. The third kappa shape index (κ3) is 3.28. The molecular formula is C23H20F3N3O. The van der Waals surface area contributed by atoms with Crippen LogP contribution in [0.15, 0.2) is 48.7 Å². The Morgan fingerprint density at radius 2 is 1.87 bits per heavy atom. The Kier molecular flexibility index (Phi) is 4.24. The van der Waals surface area contributed by atoms with Gasteiger partial charge in [0.15, 0.2) is 0 Å². The van der Waals surface area contributed by atoms with E-state index in [9.17, 15) is 18.0 Å². The molecular weight excluding hydrogens is 391 g/mol. The number of rotatable bonds is 3. The Hall–Kier alpha value is -3.09. The van der Waals surface area contributed by atoms with E-state index in [0.29, 0.717) is 34.3 Å². The molecule has 2 aliphatic rings. The van der Waals surface area contributed by atoms with Crippen molar-refractivity contribution in [2.24, 2.45) is 11.8 Å². The van der Waals surface area contributed by atoms with Gasteiger partial charge in [-0.05, 0) is 48.9 Å². The molecule has 2 aromatic carbocycles. The zero-order valence-electron chi connectivity index (χ0n) is 16.3. The van der Waals surface area contributed by atoms with E-state index in [1.165, 1.54) is 18.7 Å². The minimum Gasteiger partial charge on any atom is -0.340 e. The van der Waals surface area contributed by atoms with Gasteiger partial charge >= 0.3 is 6.18 Å². The van der Waals surface area contributed by atoms with Gasteiger partial charge in [0.2, 0.25) is 0 Å². The number of anilines is 2. The number of carbonyl (C=O) groups excluding carboxylic acids is 1. The van der Waals surface area contributed by atoms with Crippen molar-refractivity contribution in [2.75, 3.05) is 18.4 Å². The number of halogens is 3. The van der Waals surface area contributed by atoms with Gasteiger partial charge in [0, 0.05) is 35.7 Å². The Morgan fingerprint density at radius 3 is 2.60 bits per heavy atom. The van der Waals surface area contributed by atoms with E-state index < -0.39 is 11.7 Å². The van der Waals surface area contributed by atoms with Crippen LogP contribution in [0.25, 0.3) is 10.8 Å². The molecule has 5 rings (SSSR count). The standard InChI is InChI=1S/C23H20F3N3O/c1-13-4-2-7-18-20(13)19(22(30)29-11-14-8-15(14)12-29)10-27-21(18)28-17-6-3-5-16(9-17)23(24,25)26/h2-7,9-10,14-15H,8,11-12H2,1H3,(H,27,28). The quantitative estimate of drug-likeness (QED) is 0.628. The minimum atomic E-state index is -4.42. The number of carbonyl (C=O) groups is 1. The lowest BCUT2D eigenvalue weighted by Gasteiger charge is -2.20. The molecule has 1 aliphatic heterocycles. The van der Waals surface area contributed by atoms with Crippen LogP contribution in [0.1, 0.15) is 27.9 Å². The highest BCUT2D eigenvalue weighted by atomic mass is 19.4. The monoisotopic (exact) mass is 411 g/mol. The van der Waals surface area contributed by atoms with Crippen molar-refractivity contribution in [3.63, 3.8) is 0 Å². The second-order valence-corrected chi connectivity index (χ2v) is 8.19. The van der Waals surface area contributed by atoms with Crippen LogP contribution in [0.3, 0.4) is 0 Å². The van der Waals surface area contributed by atoms with Crippen molar-refractivity contribution in [3.05, 3.63) is 65.4 Å². The zero-order valence-corrected chi connectivity index (χ0v) is 16.3. The summed E-state index contributed by atoms with van der Waals surface area (Å²) in [5, 5.41) is 4.50. The van der Waals surface area contributed by atoms with E-state index in [4.69, 9.17) is 0 Å². The lowest BCUT2D eigenvalue weighted by Crippen LogP contribution is -2.30. The Labute approximate surface area is 171 Å². The number of alkyl halides is 3. The van der Waals surface area contributed by atoms with Crippen LogP contribution >= 0.6 is 0 Å². The summed E-state index contributed by atoms with van der Waals surface area (Å²) in [6, 6.07) is 10.6. The lowest BCUT2D eigenvalue weighted by atomic mass is 10.0. The summed E-state index contributed by atoms with van der Waals surface area (Å²) < 4.78 is 39.1. The van der Waals surface area contributed by atoms with Gasteiger partial charge in [-0.15, -0.1) is 0 Å². The molecule has 3 aromatic rings. The number of nitrogens with one attached hydrogen (secondary N) is 1. The molecule has 1 saturated heterocycles. The number of aromatic nitrogens is 1. The van der Waals surface area contributed by atoms with Gasteiger partial charge < -0.3 is 10.2 Å². The molecule has 0 radical (unpaired) electrons. The van der Waals surface area contributed by atoms with Gasteiger partial charge in [-0.25, -0.2) is 4.98 Å². The fraction of sp³-hybridized carbons (Fsp3) is 0.304. The minimum absolute atomic E-state index is 0.0281. The summed E-state index contributed by atoms with van der Waals surface area (Å²) >= 11 is 0. The molecule has 2 heterocycles. The first kappa shape index (κ1) is 18.9. The summed E-state index contributed by atoms with van der Waals surface area (Å²) in [7, 11) is 0. The topological polar surface area (TPSA) is 45.2 Å². The number of piperidine rings is 1. The van der Waals surface area contributed by atoms with Crippen LogP contribution in [0.5, 0.6) is 0 Å². The number of hydrogen-bond donors (Lipinski definition) is 1. The number of aryl methyl sites for hydroxylation is 1. The van der Waals surface area contributed by atoms with Gasteiger partial charge in [-0.2, -0.15) is 13.2 Å². The van der Waals surface area contributed by atoms with Crippen LogP contribution in [0.4, 0.5) is 24.7 Å². The molecule has 1 amide bonds. The van der Waals surface area contributed by atoms with E-state index in [1.807, 2.05) is 30.0 Å². The molecule has 7 heteroatoms. The Morgan fingerprint density at radius 1 is 1.13 bits per heavy atom. The first-order chi connectivity index (χ1) is 14.3. The van der Waals surface area contributed by atoms with Crippen molar-refractivity contribution in [1.29, 1.82) is 0 Å². The molecule has 1 aromatic heterocycles.